The summed E-state index contributed by atoms with van der Waals surface area (Å²) in [7, 11) is 0. The average molecular weight is 446 g/mol. The number of morpholine rings is 1. The molecular weight excluding hydrogens is 421 g/mol. The van der Waals surface area contributed by atoms with E-state index in [4.69, 9.17) is 9.84 Å². The van der Waals surface area contributed by atoms with E-state index >= 15 is 0 Å². The molecule has 0 saturated carbocycles. The van der Waals surface area contributed by atoms with Crippen LogP contribution in [0, 0.1) is 5.82 Å². The summed E-state index contributed by atoms with van der Waals surface area (Å²) < 4.78 is 22.0. The Kier molecular flexibility index (Phi) is 5.00. The molecule has 4 aromatic rings. The average Bonchev–Trinajstić information content (AvgIpc) is 3.43. The number of rotatable bonds is 4. The number of pyridine rings is 1. The smallest absolute Gasteiger partial charge is 0.180 e. The summed E-state index contributed by atoms with van der Waals surface area (Å²) in [4.78, 5) is 16.0. The van der Waals surface area contributed by atoms with Crippen molar-refractivity contribution in [3.8, 4) is 11.5 Å². The zero-order valence-corrected chi connectivity index (χ0v) is 18.1. The second kappa shape index (κ2) is 8.17. The van der Waals surface area contributed by atoms with Gasteiger partial charge in [0.15, 0.2) is 11.5 Å². The van der Waals surface area contributed by atoms with Crippen molar-refractivity contribution in [1.29, 1.82) is 0 Å². The van der Waals surface area contributed by atoms with Gasteiger partial charge in [0.1, 0.15) is 11.5 Å². The summed E-state index contributed by atoms with van der Waals surface area (Å²) in [6.07, 6.45) is 6.38. The van der Waals surface area contributed by atoms with E-state index in [-0.39, 0.29) is 18.0 Å². The monoisotopic (exact) mass is 445 g/mol. The number of hydrogen-bond donors (Lipinski definition) is 1. The second-order valence-corrected chi connectivity index (χ2v) is 8.62. The van der Waals surface area contributed by atoms with E-state index in [0.717, 1.165) is 50.3 Å². The quantitative estimate of drug-likeness (QED) is 0.517. The standard InChI is InChI=1S/C24H24FN7O/c25-20-6-2-1-4-17(20)14-32-23-19(5-3-8-27-23)21(30-32)22-28-12-18(13-29-22)31-10-7-24(16-31)15-26-9-11-33-24/h1-6,8,12-13,26H,7,9-11,14-16H2. The van der Waals surface area contributed by atoms with Crippen LogP contribution < -0.4 is 10.2 Å². The van der Waals surface area contributed by atoms with Gasteiger partial charge in [-0.1, -0.05) is 18.2 Å². The van der Waals surface area contributed by atoms with Crippen LogP contribution in [0.2, 0.25) is 0 Å². The highest BCUT2D eigenvalue weighted by Gasteiger charge is 2.40. The summed E-state index contributed by atoms with van der Waals surface area (Å²) in [6, 6.07) is 10.5. The number of benzene rings is 1. The third kappa shape index (κ3) is 3.73. The topological polar surface area (TPSA) is 81.0 Å². The molecule has 0 aliphatic carbocycles. The Bertz CT molecular complexity index is 1280. The number of hydrogen-bond acceptors (Lipinski definition) is 7. The largest absolute Gasteiger partial charge is 0.370 e. The lowest BCUT2D eigenvalue weighted by atomic mass is 10.0. The molecule has 6 rings (SSSR count). The molecule has 1 spiro atoms. The predicted octanol–water partition coefficient (Wildman–Crippen LogP) is 2.64. The Morgan fingerprint density at radius 2 is 1.97 bits per heavy atom. The Balaban J connectivity index is 1.29. The maximum Gasteiger partial charge on any atom is 0.180 e. The van der Waals surface area contributed by atoms with Gasteiger partial charge in [-0.15, -0.1) is 0 Å². The SMILES string of the molecule is Fc1ccccc1Cn1nc(-c2ncc(N3CCC4(CNCCO4)C3)cn2)c2cccnc21. The van der Waals surface area contributed by atoms with E-state index in [1.807, 2.05) is 30.6 Å². The number of fused-ring (bicyclic) bond motifs is 1. The van der Waals surface area contributed by atoms with Crippen molar-refractivity contribution in [3.63, 3.8) is 0 Å². The predicted molar refractivity (Wildman–Crippen MR) is 122 cm³/mol. The van der Waals surface area contributed by atoms with Gasteiger partial charge in [-0.3, -0.25) is 0 Å². The zero-order chi connectivity index (χ0) is 22.3. The van der Waals surface area contributed by atoms with E-state index in [2.05, 4.69) is 25.2 Å². The number of nitrogens with one attached hydrogen (secondary N) is 1. The fourth-order valence-electron chi connectivity index (χ4n) is 4.71. The van der Waals surface area contributed by atoms with Crippen LogP contribution in [0.1, 0.15) is 12.0 Å². The van der Waals surface area contributed by atoms with Crippen molar-refractivity contribution in [3.05, 3.63) is 66.4 Å². The third-order valence-corrected chi connectivity index (χ3v) is 6.45. The van der Waals surface area contributed by atoms with E-state index in [0.29, 0.717) is 22.7 Å². The molecule has 1 unspecified atom stereocenters. The zero-order valence-electron chi connectivity index (χ0n) is 18.1. The van der Waals surface area contributed by atoms with Gasteiger partial charge in [0.05, 0.1) is 42.2 Å². The molecule has 0 amide bonds. The molecular formula is C24H24FN7O. The molecule has 3 aromatic heterocycles. The molecule has 168 valence electrons. The first kappa shape index (κ1) is 20.2. The normalized spacial score (nSPS) is 20.7. The van der Waals surface area contributed by atoms with Gasteiger partial charge in [0.25, 0.3) is 0 Å². The molecule has 33 heavy (non-hydrogen) atoms. The number of aromatic nitrogens is 5. The summed E-state index contributed by atoms with van der Waals surface area (Å²) in [5, 5.41) is 8.99. The molecule has 2 aliphatic rings. The highest BCUT2D eigenvalue weighted by atomic mass is 19.1. The van der Waals surface area contributed by atoms with Gasteiger partial charge in [-0.25, -0.2) is 24.0 Å². The fraction of sp³-hybridized carbons (Fsp3) is 0.333. The summed E-state index contributed by atoms with van der Waals surface area (Å²) in [6.45, 7) is 4.55. The van der Waals surface area contributed by atoms with E-state index in [9.17, 15) is 4.39 Å². The Hall–Kier alpha value is -3.43. The van der Waals surface area contributed by atoms with Crippen molar-refractivity contribution < 1.29 is 9.13 Å². The van der Waals surface area contributed by atoms with Crippen LogP contribution in [-0.4, -0.2) is 63.1 Å². The van der Waals surface area contributed by atoms with E-state index in [1.54, 1.807) is 23.0 Å². The third-order valence-electron chi connectivity index (χ3n) is 6.45. The Morgan fingerprint density at radius 1 is 1.09 bits per heavy atom. The molecule has 1 aromatic carbocycles. The van der Waals surface area contributed by atoms with E-state index < -0.39 is 0 Å². The van der Waals surface area contributed by atoms with Gasteiger partial charge < -0.3 is 15.0 Å². The van der Waals surface area contributed by atoms with E-state index in [1.165, 1.54) is 6.07 Å². The molecule has 2 aliphatic heterocycles. The van der Waals surface area contributed by atoms with Crippen molar-refractivity contribution in [2.75, 3.05) is 37.7 Å². The van der Waals surface area contributed by atoms with Gasteiger partial charge in [-0.05, 0) is 24.6 Å². The Labute approximate surface area is 190 Å². The van der Waals surface area contributed by atoms with Gasteiger partial charge in [0.2, 0.25) is 0 Å². The molecule has 5 heterocycles. The molecule has 2 saturated heterocycles. The Morgan fingerprint density at radius 3 is 2.79 bits per heavy atom. The number of ether oxygens (including phenoxy) is 1. The molecule has 0 radical (unpaired) electrons. The maximum absolute atomic E-state index is 14.2. The van der Waals surface area contributed by atoms with Crippen LogP contribution in [0.15, 0.2) is 55.0 Å². The summed E-state index contributed by atoms with van der Waals surface area (Å²) in [5.74, 6) is 0.258. The first-order valence-electron chi connectivity index (χ1n) is 11.2. The van der Waals surface area contributed by atoms with Gasteiger partial charge >= 0.3 is 0 Å². The first-order chi connectivity index (χ1) is 16.2. The molecule has 8 nitrogen and oxygen atoms in total. The second-order valence-electron chi connectivity index (χ2n) is 8.62. The van der Waals surface area contributed by atoms with Crippen LogP contribution in [0.25, 0.3) is 22.6 Å². The van der Waals surface area contributed by atoms with Crippen LogP contribution in [-0.2, 0) is 11.3 Å². The molecule has 9 heteroatoms. The van der Waals surface area contributed by atoms with Crippen molar-refractivity contribution in [2.24, 2.45) is 0 Å². The van der Waals surface area contributed by atoms with Gasteiger partial charge in [0, 0.05) is 37.9 Å². The first-order valence-corrected chi connectivity index (χ1v) is 11.2. The number of halogens is 1. The van der Waals surface area contributed by atoms with Crippen LogP contribution >= 0.6 is 0 Å². The summed E-state index contributed by atoms with van der Waals surface area (Å²) in [5.41, 5.74) is 2.71. The molecule has 0 bridgehead atoms. The molecule has 1 atom stereocenters. The minimum atomic E-state index is -0.264. The molecule has 1 N–H and O–H groups in total. The lowest BCUT2D eigenvalue weighted by molar-refractivity contribution is -0.0496. The highest BCUT2D eigenvalue weighted by molar-refractivity contribution is 5.89. The lowest BCUT2D eigenvalue weighted by Gasteiger charge is -2.34. The van der Waals surface area contributed by atoms with Crippen molar-refractivity contribution in [1.82, 2.24) is 30.0 Å². The van der Waals surface area contributed by atoms with Crippen molar-refractivity contribution >= 4 is 16.7 Å². The van der Waals surface area contributed by atoms with Gasteiger partial charge in [-0.2, -0.15) is 5.10 Å². The number of anilines is 1. The van der Waals surface area contributed by atoms with Crippen LogP contribution in [0.4, 0.5) is 10.1 Å². The minimum Gasteiger partial charge on any atom is -0.370 e. The molecule has 2 fully saturated rings. The summed E-state index contributed by atoms with van der Waals surface area (Å²) >= 11 is 0. The van der Waals surface area contributed by atoms with Crippen molar-refractivity contribution in [2.45, 2.75) is 18.6 Å². The van der Waals surface area contributed by atoms with Crippen LogP contribution in [0.5, 0.6) is 0 Å². The maximum atomic E-state index is 14.2. The fourth-order valence-corrected chi connectivity index (χ4v) is 4.71. The van der Waals surface area contributed by atoms with Crippen LogP contribution in [0.3, 0.4) is 0 Å². The number of nitrogens with zero attached hydrogens (tertiary/aromatic N) is 6. The minimum absolute atomic E-state index is 0.121. The highest BCUT2D eigenvalue weighted by Crippen LogP contribution is 2.31. The lowest BCUT2D eigenvalue weighted by Crippen LogP contribution is -2.51.